The van der Waals surface area contributed by atoms with E-state index in [1.165, 1.54) is 11.3 Å². The van der Waals surface area contributed by atoms with E-state index in [-0.39, 0.29) is 5.78 Å². The van der Waals surface area contributed by atoms with Crippen molar-refractivity contribution >= 4 is 17.1 Å². The van der Waals surface area contributed by atoms with Crippen molar-refractivity contribution in [3.05, 3.63) is 46.7 Å². The molecule has 2 rings (SSSR count). The Morgan fingerprint density at radius 1 is 1.10 bits per heavy atom. The van der Waals surface area contributed by atoms with E-state index in [9.17, 15) is 4.79 Å². The molecule has 1 heterocycles. The lowest BCUT2D eigenvalue weighted by atomic mass is 10.2. The summed E-state index contributed by atoms with van der Waals surface area (Å²) in [6, 6.07) is 11.3. The lowest BCUT2D eigenvalue weighted by molar-refractivity contribution is 0.0977. The van der Waals surface area contributed by atoms with Gasteiger partial charge in [0.2, 0.25) is 0 Å². The lowest BCUT2D eigenvalue weighted by Crippen LogP contribution is -2.02. The summed E-state index contributed by atoms with van der Waals surface area (Å²) in [5, 5.41) is 1.92. The smallest absolute Gasteiger partial charge is 0.172 e. The molecule has 20 heavy (non-hydrogen) atoms. The standard InChI is InChI=1S/C16H18O3S/c1-2-18-13-7-9-14(10-8-13)19-11-3-5-15(17)16-6-4-12-20-16/h4,6-10,12H,2-3,5,11H2,1H3. The highest BCUT2D eigenvalue weighted by molar-refractivity contribution is 7.12. The number of carbonyl (C=O) groups excluding carboxylic acids is 1. The van der Waals surface area contributed by atoms with Crippen molar-refractivity contribution in [1.29, 1.82) is 0 Å². The van der Waals surface area contributed by atoms with Crippen LogP contribution in [0.4, 0.5) is 0 Å². The Morgan fingerprint density at radius 2 is 1.80 bits per heavy atom. The van der Waals surface area contributed by atoms with E-state index < -0.39 is 0 Å². The largest absolute Gasteiger partial charge is 0.494 e. The molecule has 0 aliphatic carbocycles. The molecule has 0 aliphatic rings. The average Bonchev–Trinajstić information content (AvgIpc) is 3.00. The molecular formula is C16H18O3S. The molecule has 4 heteroatoms. The molecule has 0 aliphatic heterocycles. The molecule has 0 atom stereocenters. The molecule has 106 valence electrons. The highest BCUT2D eigenvalue weighted by atomic mass is 32.1. The number of ketones is 1. The first kappa shape index (κ1) is 14.6. The van der Waals surface area contributed by atoms with E-state index in [1.807, 2.05) is 48.7 Å². The molecule has 0 unspecified atom stereocenters. The highest BCUT2D eigenvalue weighted by Crippen LogP contribution is 2.18. The fourth-order valence-electron chi connectivity index (χ4n) is 1.78. The van der Waals surface area contributed by atoms with Crippen molar-refractivity contribution in [3.63, 3.8) is 0 Å². The third-order valence-corrected chi connectivity index (χ3v) is 3.66. The summed E-state index contributed by atoms with van der Waals surface area (Å²) in [5.74, 6) is 1.83. The summed E-state index contributed by atoms with van der Waals surface area (Å²) < 4.78 is 11.0. The third kappa shape index (κ3) is 4.38. The van der Waals surface area contributed by atoms with Crippen LogP contribution in [-0.2, 0) is 0 Å². The van der Waals surface area contributed by atoms with Gasteiger partial charge in [0, 0.05) is 6.42 Å². The zero-order chi connectivity index (χ0) is 14.2. The van der Waals surface area contributed by atoms with E-state index in [0.717, 1.165) is 22.8 Å². The number of hydrogen-bond acceptors (Lipinski definition) is 4. The maximum Gasteiger partial charge on any atom is 0.172 e. The molecule has 0 N–H and O–H groups in total. The first-order valence-electron chi connectivity index (χ1n) is 6.72. The molecule has 0 spiro atoms. The lowest BCUT2D eigenvalue weighted by Gasteiger charge is -2.07. The molecule has 0 fully saturated rings. The number of rotatable bonds is 8. The minimum absolute atomic E-state index is 0.190. The predicted molar refractivity (Wildman–Crippen MR) is 81.0 cm³/mol. The Kier molecular flexibility index (Phi) is 5.62. The number of Topliss-reactive ketones (excluding diaryl/α,β-unsaturated/α-hetero) is 1. The van der Waals surface area contributed by atoms with Crippen LogP contribution in [0.15, 0.2) is 41.8 Å². The van der Waals surface area contributed by atoms with Gasteiger partial charge in [-0.1, -0.05) is 6.07 Å². The van der Waals surface area contributed by atoms with Gasteiger partial charge in [-0.05, 0) is 49.1 Å². The molecule has 2 aromatic rings. The van der Waals surface area contributed by atoms with Crippen LogP contribution in [0.25, 0.3) is 0 Å². The first-order valence-corrected chi connectivity index (χ1v) is 7.60. The van der Waals surface area contributed by atoms with Gasteiger partial charge in [0.05, 0.1) is 18.1 Å². The summed E-state index contributed by atoms with van der Waals surface area (Å²) in [6.45, 7) is 3.16. The average molecular weight is 290 g/mol. The maximum atomic E-state index is 11.8. The number of benzene rings is 1. The Bertz CT molecular complexity index is 517. The molecule has 0 saturated heterocycles. The molecule has 0 saturated carbocycles. The molecule has 0 radical (unpaired) electrons. The van der Waals surface area contributed by atoms with Gasteiger partial charge in [0.15, 0.2) is 5.78 Å². The topological polar surface area (TPSA) is 35.5 Å². The van der Waals surface area contributed by atoms with E-state index in [0.29, 0.717) is 19.6 Å². The normalized spacial score (nSPS) is 10.2. The zero-order valence-corrected chi connectivity index (χ0v) is 12.3. The highest BCUT2D eigenvalue weighted by Gasteiger charge is 2.06. The third-order valence-electron chi connectivity index (χ3n) is 2.75. The van der Waals surface area contributed by atoms with Crippen LogP contribution >= 0.6 is 11.3 Å². The predicted octanol–water partition coefficient (Wildman–Crippen LogP) is 4.19. The van der Waals surface area contributed by atoms with Crippen molar-refractivity contribution in [2.75, 3.05) is 13.2 Å². The number of carbonyl (C=O) groups is 1. The van der Waals surface area contributed by atoms with Crippen molar-refractivity contribution in [3.8, 4) is 11.5 Å². The van der Waals surface area contributed by atoms with Gasteiger partial charge in [-0.25, -0.2) is 0 Å². The van der Waals surface area contributed by atoms with Gasteiger partial charge in [0.25, 0.3) is 0 Å². The SMILES string of the molecule is CCOc1ccc(OCCCC(=O)c2cccs2)cc1. The quantitative estimate of drug-likeness (QED) is 0.540. The summed E-state index contributed by atoms with van der Waals surface area (Å²) in [7, 11) is 0. The Morgan fingerprint density at radius 3 is 2.40 bits per heavy atom. The summed E-state index contributed by atoms with van der Waals surface area (Å²) in [4.78, 5) is 12.6. The van der Waals surface area contributed by atoms with Crippen LogP contribution in [0.1, 0.15) is 29.4 Å². The van der Waals surface area contributed by atoms with Gasteiger partial charge >= 0.3 is 0 Å². The van der Waals surface area contributed by atoms with Crippen LogP contribution in [0.3, 0.4) is 0 Å². The van der Waals surface area contributed by atoms with Crippen molar-refractivity contribution < 1.29 is 14.3 Å². The van der Waals surface area contributed by atoms with Crippen molar-refractivity contribution in [1.82, 2.24) is 0 Å². The fraction of sp³-hybridized carbons (Fsp3) is 0.312. The van der Waals surface area contributed by atoms with E-state index in [2.05, 4.69) is 0 Å². The second kappa shape index (κ2) is 7.70. The molecule has 0 amide bonds. The minimum Gasteiger partial charge on any atom is -0.494 e. The van der Waals surface area contributed by atoms with Gasteiger partial charge in [0.1, 0.15) is 11.5 Å². The number of hydrogen-bond donors (Lipinski definition) is 0. The van der Waals surface area contributed by atoms with Crippen LogP contribution in [0.2, 0.25) is 0 Å². The monoisotopic (exact) mass is 290 g/mol. The minimum atomic E-state index is 0.190. The van der Waals surface area contributed by atoms with Gasteiger partial charge in [-0.3, -0.25) is 4.79 Å². The molecular weight excluding hydrogens is 272 g/mol. The van der Waals surface area contributed by atoms with Crippen molar-refractivity contribution in [2.24, 2.45) is 0 Å². The number of thiophene rings is 1. The van der Waals surface area contributed by atoms with Gasteiger partial charge in [-0.15, -0.1) is 11.3 Å². The Hall–Kier alpha value is -1.81. The summed E-state index contributed by atoms with van der Waals surface area (Å²) in [5.41, 5.74) is 0. The molecule has 0 bridgehead atoms. The fourth-order valence-corrected chi connectivity index (χ4v) is 2.48. The molecule has 3 nitrogen and oxygen atoms in total. The first-order chi connectivity index (χ1) is 9.79. The van der Waals surface area contributed by atoms with Gasteiger partial charge < -0.3 is 9.47 Å². The van der Waals surface area contributed by atoms with E-state index >= 15 is 0 Å². The Balaban J connectivity index is 1.69. The maximum absolute atomic E-state index is 11.8. The van der Waals surface area contributed by atoms with E-state index in [4.69, 9.17) is 9.47 Å². The zero-order valence-electron chi connectivity index (χ0n) is 11.5. The molecule has 1 aromatic carbocycles. The molecule has 1 aromatic heterocycles. The second-order valence-corrected chi connectivity index (χ2v) is 5.20. The Labute approximate surface area is 123 Å². The second-order valence-electron chi connectivity index (χ2n) is 4.26. The van der Waals surface area contributed by atoms with Crippen LogP contribution in [-0.4, -0.2) is 19.0 Å². The number of ether oxygens (including phenoxy) is 2. The van der Waals surface area contributed by atoms with E-state index in [1.54, 1.807) is 0 Å². The van der Waals surface area contributed by atoms with Crippen LogP contribution in [0.5, 0.6) is 11.5 Å². The summed E-state index contributed by atoms with van der Waals surface area (Å²) >= 11 is 1.49. The van der Waals surface area contributed by atoms with Gasteiger partial charge in [-0.2, -0.15) is 0 Å². The summed E-state index contributed by atoms with van der Waals surface area (Å²) in [6.07, 6.45) is 1.25. The van der Waals surface area contributed by atoms with Crippen LogP contribution < -0.4 is 9.47 Å². The van der Waals surface area contributed by atoms with Crippen molar-refractivity contribution in [2.45, 2.75) is 19.8 Å². The van der Waals surface area contributed by atoms with Crippen LogP contribution in [0, 0.1) is 0 Å².